The average Bonchev–Trinajstić information content (AvgIpc) is 2.96. The Hall–Kier alpha value is -0.0500. The number of amides is 1. The average molecular weight is 262 g/mol. The molecule has 1 aliphatic rings. The summed E-state index contributed by atoms with van der Waals surface area (Å²) in [4.78, 5) is 11.7. The van der Waals surface area contributed by atoms with Crippen molar-refractivity contribution in [3.8, 4) is 0 Å². The smallest absolute Gasteiger partial charge is 0.223 e. The largest absolute Gasteiger partial charge is 0.353 e. The highest BCUT2D eigenvalue weighted by atomic mass is 79.9. The fourth-order valence-corrected chi connectivity index (χ4v) is 1.96. The van der Waals surface area contributed by atoms with E-state index in [4.69, 9.17) is 0 Å². The van der Waals surface area contributed by atoms with E-state index in [2.05, 4.69) is 28.2 Å². The predicted molar refractivity (Wildman–Crippen MR) is 62.5 cm³/mol. The maximum atomic E-state index is 11.7. The molecule has 2 nitrogen and oxygen atoms in total. The molecule has 3 heteroatoms. The van der Waals surface area contributed by atoms with Gasteiger partial charge >= 0.3 is 0 Å². The molecule has 1 aliphatic carbocycles. The number of rotatable bonds is 6. The van der Waals surface area contributed by atoms with Crippen molar-refractivity contribution in [1.82, 2.24) is 5.32 Å². The zero-order valence-corrected chi connectivity index (χ0v) is 10.6. The van der Waals surface area contributed by atoms with Gasteiger partial charge in [-0.15, -0.1) is 0 Å². The molecule has 0 aromatic carbocycles. The second-order valence-electron chi connectivity index (χ2n) is 4.37. The summed E-state index contributed by atoms with van der Waals surface area (Å²) in [6.45, 7) is 4.13. The molecule has 1 saturated carbocycles. The number of hydrogen-bond donors (Lipinski definition) is 1. The van der Waals surface area contributed by atoms with E-state index >= 15 is 0 Å². The summed E-state index contributed by atoms with van der Waals surface area (Å²) in [5.74, 6) is 1.13. The van der Waals surface area contributed by atoms with Gasteiger partial charge in [0, 0.05) is 17.3 Å². The second-order valence-corrected chi connectivity index (χ2v) is 5.16. The minimum Gasteiger partial charge on any atom is -0.353 e. The van der Waals surface area contributed by atoms with E-state index in [-0.39, 0.29) is 11.8 Å². The number of carbonyl (C=O) groups excluding carboxylic acids is 1. The van der Waals surface area contributed by atoms with Crippen LogP contribution in [-0.2, 0) is 4.79 Å². The Morgan fingerprint density at radius 1 is 1.50 bits per heavy atom. The Morgan fingerprint density at radius 3 is 2.64 bits per heavy atom. The number of nitrogens with one attached hydrogen (secondary N) is 1. The number of halogens is 1. The summed E-state index contributed by atoms with van der Waals surface area (Å²) in [7, 11) is 0. The van der Waals surface area contributed by atoms with Gasteiger partial charge in [-0.05, 0) is 38.5 Å². The van der Waals surface area contributed by atoms with Gasteiger partial charge in [-0.3, -0.25) is 4.79 Å². The van der Waals surface area contributed by atoms with Crippen LogP contribution < -0.4 is 5.32 Å². The van der Waals surface area contributed by atoms with Gasteiger partial charge in [-0.2, -0.15) is 0 Å². The summed E-state index contributed by atoms with van der Waals surface area (Å²) < 4.78 is 0. The highest BCUT2D eigenvalue weighted by Crippen LogP contribution is 2.36. The number of alkyl halides is 1. The van der Waals surface area contributed by atoms with Crippen LogP contribution in [0.2, 0.25) is 0 Å². The topological polar surface area (TPSA) is 29.1 Å². The Labute approximate surface area is 95.0 Å². The maximum Gasteiger partial charge on any atom is 0.223 e. The van der Waals surface area contributed by atoms with Crippen LogP contribution in [0, 0.1) is 11.8 Å². The molecule has 82 valence electrons. The molecular weight excluding hydrogens is 242 g/mol. The third-order valence-corrected chi connectivity index (χ3v) is 3.46. The lowest BCUT2D eigenvalue weighted by atomic mass is 10.0. The fourth-order valence-electron chi connectivity index (χ4n) is 1.64. The first kappa shape index (κ1) is 12.0. The summed E-state index contributed by atoms with van der Waals surface area (Å²) in [5, 5.41) is 4.10. The van der Waals surface area contributed by atoms with Crippen molar-refractivity contribution in [2.45, 2.75) is 45.6 Å². The molecule has 0 aromatic rings. The standard InChI is InChI=1S/C11H20BrNO/c1-8(4-3-7-12)13-11(14)9(2)10-5-6-10/h8-10H,3-7H2,1-2H3,(H,13,14). The maximum absolute atomic E-state index is 11.7. The van der Waals surface area contributed by atoms with Crippen LogP contribution in [0.25, 0.3) is 0 Å². The van der Waals surface area contributed by atoms with E-state index in [0.29, 0.717) is 12.0 Å². The lowest BCUT2D eigenvalue weighted by Crippen LogP contribution is -2.37. The highest BCUT2D eigenvalue weighted by Gasteiger charge is 2.32. The van der Waals surface area contributed by atoms with Crippen LogP contribution in [0.5, 0.6) is 0 Å². The first-order valence-electron chi connectivity index (χ1n) is 5.51. The van der Waals surface area contributed by atoms with E-state index in [1.807, 2.05) is 6.92 Å². The Bertz CT molecular complexity index is 192. The summed E-state index contributed by atoms with van der Waals surface area (Å²) in [6.07, 6.45) is 4.67. The van der Waals surface area contributed by atoms with E-state index < -0.39 is 0 Å². The predicted octanol–water partition coefficient (Wildman–Crippen LogP) is 2.71. The van der Waals surface area contributed by atoms with Crippen molar-refractivity contribution in [2.24, 2.45) is 11.8 Å². The molecule has 0 aliphatic heterocycles. The zero-order chi connectivity index (χ0) is 10.6. The van der Waals surface area contributed by atoms with E-state index in [1.54, 1.807) is 0 Å². The molecule has 1 fully saturated rings. The third kappa shape index (κ3) is 3.99. The van der Waals surface area contributed by atoms with Crippen molar-refractivity contribution in [2.75, 3.05) is 5.33 Å². The molecule has 2 unspecified atom stereocenters. The van der Waals surface area contributed by atoms with Crippen LogP contribution in [-0.4, -0.2) is 17.3 Å². The molecule has 0 bridgehead atoms. The molecule has 1 N–H and O–H groups in total. The van der Waals surface area contributed by atoms with Crippen LogP contribution >= 0.6 is 15.9 Å². The molecule has 0 aromatic heterocycles. The molecule has 1 amide bonds. The second kappa shape index (κ2) is 5.74. The minimum atomic E-state index is 0.224. The molecule has 2 atom stereocenters. The van der Waals surface area contributed by atoms with Crippen LogP contribution in [0.3, 0.4) is 0 Å². The summed E-state index contributed by atoms with van der Waals surface area (Å²) in [6, 6.07) is 0.321. The Kier molecular flexibility index (Phi) is 4.93. The molecule has 14 heavy (non-hydrogen) atoms. The van der Waals surface area contributed by atoms with Gasteiger partial charge in [0.1, 0.15) is 0 Å². The Balaban J connectivity index is 2.17. The van der Waals surface area contributed by atoms with Crippen LogP contribution in [0.15, 0.2) is 0 Å². The Morgan fingerprint density at radius 2 is 2.14 bits per heavy atom. The number of hydrogen-bond acceptors (Lipinski definition) is 1. The van der Waals surface area contributed by atoms with Crippen LogP contribution in [0.4, 0.5) is 0 Å². The zero-order valence-electron chi connectivity index (χ0n) is 9.05. The van der Waals surface area contributed by atoms with Crippen molar-refractivity contribution in [1.29, 1.82) is 0 Å². The SMILES string of the molecule is CC(CCCBr)NC(=O)C(C)C1CC1. The number of carbonyl (C=O) groups is 1. The monoisotopic (exact) mass is 261 g/mol. The van der Waals surface area contributed by atoms with E-state index in [9.17, 15) is 4.79 Å². The van der Waals surface area contributed by atoms with E-state index in [0.717, 1.165) is 18.2 Å². The lowest BCUT2D eigenvalue weighted by Gasteiger charge is -2.16. The fraction of sp³-hybridized carbons (Fsp3) is 0.909. The normalized spacial score (nSPS) is 20.2. The van der Waals surface area contributed by atoms with Gasteiger partial charge in [0.25, 0.3) is 0 Å². The van der Waals surface area contributed by atoms with Gasteiger partial charge in [0.2, 0.25) is 5.91 Å². The van der Waals surface area contributed by atoms with Crippen molar-refractivity contribution in [3.63, 3.8) is 0 Å². The van der Waals surface area contributed by atoms with Crippen molar-refractivity contribution in [3.05, 3.63) is 0 Å². The summed E-state index contributed by atoms with van der Waals surface area (Å²) >= 11 is 3.39. The van der Waals surface area contributed by atoms with E-state index in [1.165, 1.54) is 12.8 Å². The molecule has 0 saturated heterocycles. The van der Waals surface area contributed by atoms with Gasteiger partial charge in [-0.25, -0.2) is 0 Å². The van der Waals surface area contributed by atoms with Crippen molar-refractivity contribution < 1.29 is 4.79 Å². The first-order valence-corrected chi connectivity index (χ1v) is 6.63. The molecule has 1 rings (SSSR count). The molecule has 0 radical (unpaired) electrons. The van der Waals surface area contributed by atoms with Crippen LogP contribution in [0.1, 0.15) is 39.5 Å². The quantitative estimate of drug-likeness (QED) is 0.733. The van der Waals surface area contributed by atoms with Gasteiger partial charge in [-0.1, -0.05) is 22.9 Å². The molecule has 0 heterocycles. The van der Waals surface area contributed by atoms with Gasteiger partial charge < -0.3 is 5.32 Å². The van der Waals surface area contributed by atoms with Crippen molar-refractivity contribution >= 4 is 21.8 Å². The minimum absolute atomic E-state index is 0.224. The molecular formula is C11H20BrNO. The first-order chi connectivity index (χ1) is 6.65. The van der Waals surface area contributed by atoms with Gasteiger partial charge in [0.15, 0.2) is 0 Å². The summed E-state index contributed by atoms with van der Waals surface area (Å²) in [5.41, 5.74) is 0. The van der Waals surface area contributed by atoms with Gasteiger partial charge in [0.05, 0.1) is 0 Å². The lowest BCUT2D eigenvalue weighted by molar-refractivity contribution is -0.125. The third-order valence-electron chi connectivity index (χ3n) is 2.90. The highest BCUT2D eigenvalue weighted by molar-refractivity contribution is 9.09. The molecule has 0 spiro atoms.